The van der Waals surface area contributed by atoms with E-state index in [9.17, 15) is 4.79 Å². The number of halogens is 2. The van der Waals surface area contributed by atoms with Gasteiger partial charge in [0.15, 0.2) is 0 Å². The zero-order valence-electron chi connectivity index (χ0n) is 22.3. The van der Waals surface area contributed by atoms with Crippen molar-refractivity contribution in [3.8, 4) is 0 Å². The molecule has 0 bridgehead atoms. The van der Waals surface area contributed by atoms with Crippen molar-refractivity contribution in [1.82, 2.24) is 20.1 Å². The smallest absolute Gasteiger partial charge is 0.222 e. The van der Waals surface area contributed by atoms with Crippen LogP contribution in [-0.2, 0) is 17.6 Å². The monoisotopic (exact) mass is 598 g/mol. The third-order valence-corrected chi connectivity index (χ3v) is 10.4. The number of aryl methyl sites for hydroxylation is 2. The van der Waals surface area contributed by atoms with Crippen LogP contribution in [0.25, 0.3) is 0 Å². The van der Waals surface area contributed by atoms with Gasteiger partial charge >= 0.3 is 0 Å². The maximum absolute atomic E-state index is 12.9. The maximum atomic E-state index is 12.9. The van der Waals surface area contributed by atoms with Crippen LogP contribution in [0.5, 0.6) is 0 Å². The molecule has 1 aliphatic carbocycles. The summed E-state index contributed by atoms with van der Waals surface area (Å²) in [5.74, 6) is 2.49. The molecule has 3 fully saturated rings. The molecule has 6 rings (SSSR count). The van der Waals surface area contributed by atoms with Crippen LogP contribution >= 0.6 is 27.5 Å². The molecule has 2 aromatic rings. The summed E-state index contributed by atoms with van der Waals surface area (Å²) in [6.07, 6.45) is 11.8. The van der Waals surface area contributed by atoms with Gasteiger partial charge in [0, 0.05) is 35.2 Å². The number of carbonyl (C=O) groups is 1. The van der Waals surface area contributed by atoms with E-state index < -0.39 is 0 Å². The lowest BCUT2D eigenvalue weighted by molar-refractivity contribution is -0.134. The topological polar surface area (TPSA) is 48.5 Å². The van der Waals surface area contributed by atoms with Crippen molar-refractivity contribution in [2.24, 2.45) is 17.8 Å². The van der Waals surface area contributed by atoms with Crippen LogP contribution in [0.1, 0.15) is 73.4 Å². The zero-order valence-corrected chi connectivity index (χ0v) is 24.7. The molecule has 0 saturated carbocycles. The average molecular weight is 600 g/mol. The zero-order chi connectivity index (χ0) is 26.1. The van der Waals surface area contributed by atoms with Crippen LogP contribution in [0.2, 0.25) is 5.02 Å². The molecule has 4 aliphatic rings. The van der Waals surface area contributed by atoms with Gasteiger partial charge in [-0.15, -0.1) is 0 Å². The van der Waals surface area contributed by atoms with E-state index in [1.54, 1.807) is 0 Å². The van der Waals surface area contributed by atoms with E-state index >= 15 is 0 Å². The summed E-state index contributed by atoms with van der Waals surface area (Å²) in [7, 11) is 0. The number of fused-ring (bicyclic) bond motifs is 2. The molecule has 3 saturated heterocycles. The van der Waals surface area contributed by atoms with E-state index in [4.69, 9.17) is 16.6 Å². The summed E-state index contributed by atoms with van der Waals surface area (Å²) in [4.78, 5) is 22.7. The lowest BCUT2D eigenvalue weighted by Crippen LogP contribution is -2.44. The Bertz CT molecular complexity index is 1080. The molecule has 7 heteroatoms. The lowest BCUT2D eigenvalue weighted by Gasteiger charge is -2.43. The molecule has 1 unspecified atom stereocenters. The highest BCUT2D eigenvalue weighted by molar-refractivity contribution is 9.10. The van der Waals surface area contributed by atoms with Crippen molar-refractivity contribution in [2.45, 2.75) is 63.8 Å². The summed E-state index contributed by atoms with van der Waals surface area (Å²) >= 11 is 10.1. The Kier molecular flexibility index (Phi) is 8.41. The van der Waals surface area contributed by atoms with Crippen molar-refractivity contribution < 1.29 is 4.79 Å². The number of benzene rings is 1. The fraction of sp³-hybridized carbons (Fsp3) is 0.613. The van der Waals surface area contributed by atoms with Gasteiger partial charge in [0.1, 0.15) is 0 Å². The van der Waals surface area contributed by atoms with Gasteiger partial charge in [0.05, 0.1) is 11.7 Å². The number of nitrogens with one attached hydrogen (secondary N) is 1. The Morgan fingerprint density at radius 2 is 1.63 bits per heavy atom. The highest BCUT2D eigenvalue weighted by Gasteiger charge is 2.36. The fourth-order valence-corrected chi connectivity index (χ4v) is 8.09. The van der Waals surface area contributed by atoms with E-state index in [2.05, 4.69) is 49.2 Å². The third-order valence-electron chi connectivity index (χ3n) is 9.71. The normalized spacial score (nSPS) is 24.1. The first-order valence-electron chi connectivity index (χ1n) is 14.7. The number of amides is 1. The predicted molar refractivity (Wildman–Crippen MR) is 156 cm³/mol. The first-order valence-corrected chi connectivity index (χ1v) is 15.9. The van der Waals surface area contributed by atoms with E-state index in [-0.39, 0.29) is 6.04 Å². The minimum Gasteiger partial charge on any atom is -0.343 e. The molecule has 204 valence electrons. The van der Waals surface area contributed by atoms with E-state index in [1.165, 1.54) is 48.1 Å². The second-order valence-electron chi connectivity index (χ2n) is 11.9. The molecule has 1 atom stereocenters. The van der Waals surface area contributed by atoms with Gasteiger partial charge < -0.3 is 10.2 Å². The first kappa shape index (κ1) is 26.7. The van der Waals surface area contributed by atoms with Crippen molar-refractivity contribution in [1.29, 1.82) is 0 Å². The number of hydrogen-bond acceptors (Lipinski definition) is 4. The van der Waals surface area contributed by atoms with Gasteiger partial charge in [-0.3, -0.25) is 14.7 Å². The number of piperidine rings is 3. The molecule has 1 aromatic carbocycles. The predicted octanol–water partition coefficient (Wildman–Crippen LogP) is 6.03. The number of aromatic nitrogens is 1. The van der Waals surface area contributed by atoms with Crippen molar-refractivity contribution in [2.75, 3.05) is 39.3 Å². The number of nitrogens with zero attached hydrogens (tertiary/aromatic N) is 3. The summed E-state index contributed by atoms with van der Waals surface area (Å²) in [5, 5.41) is 4.23. The lowest BCUT2D eigenvalue weighted by atomic mass is 9.78. The highest BCUT2D eigenvalue weighted by atomic mass is 79.9. The van der Waals surface area contributed by atoms with E-state index in [0.717, 1.165) is 92.7 Å². The molecular formula is C31H40BrClN4O. The molecule has 0 spiro atoms. The summed E-state index contributed by atoms with van der Waals surface area (Å²) in [6, 6.07) is 8.91. The Morgan fingerprint density at radius 3 is 2.37 bits per heavy atom. The third kappa shape index (κ3) is 5.84. The van der Waals surface area contributed by atoms with Gasteiger partial charge in [-0.25, -0.2) is 0 Å². The Morgan fingerprint density at radius 1 is 0.947 bits per heavy atom. The van der Waals surface area contributed by atoms with Crippen molar-refractivity contribution >= 4 is 33.4 Å². The van der Waals surface area contributed by atoms with Crippen LogP contribution in [0, 0.1) is 17.8 Å². The molecule has 5 nitrogen and oxygen atoms in total. The van der Waals surface area contributed by atoms with Crippen LogP contribution in [-0.4, -0.2) is 60.0 Å². The second-order valence-corrected chi connectivity index (χ2v) is 13.3. The van der Waals surface area contributed by atoms with E-state index in [0.29, 0.717) is 11.8 Å². The van der Waals surface area contributed by atoms with Gasteiger partial charge in [0.2, 0.25) is 5.91 Å². The number of rotatable bonds is 4. The van der Waals surface area contributed by atoms with Crippen molar-refractivity contribution in [3.05, 3.63) is 62.3 Å². The molecular weight excluding hydrogens is 560 g/mol. The molecule has 0 radical (unpaired) electrons. The first-order chi connectivity index (χ1) is 18.5. The molecule has 3 aliphatic heterocycles. The van der Waals surface area contributed by atoms with Crippen LogP contribution < -0.4 is 5.32 Å². The molecule has 1 N–H and O–H groups in total. The quantitative estimate of drug-likeness (QED) is 0.467. The van der Waals surface area contributed by atoms with Crippen molar-refractivity contribution in [3.63, 3.8) is 0 Å². The van der Waals surface area contributed by atoms with Gasteiger partial charge in [0.25, 0.3) is 0 Å². The summed E-state index contributed by atoms with van der Waals surface area (Å²) in [5.41, 5.74) is 5.30. The van der Waals surface area contributed by atoms with Gasteiger partial charge in [-0.2, -0.15) is 0 Å². The number of likely N-dealkylation sites (tertiary alicyclic amines) is 2. The largest absolute Gasteiger partial charge is 0.343 e. The average Bonchev–Trinajstić information content (AvgIpc) is 3.10. The molecule has 1 aromatic heterocycles. The molecule has 38 heavy (non-hydrogen) atoms. The minimum atomic E-state index is 0.197. The number of pyridine rings is 1. The molecule has 4 heterocycles. The van der Waals surface area contributed by atoms with Gasteiger partial charge in [-0.1, -0.05) is 17.7 Å². The second kappa shape index (κ2) is 12.0. The Labute approximate surface area is 240 Å². The Balaban J connectivity index is 1.09. The number of carbonyl (C=O) groups excluding carboxylic acids is 1. The van der Waals surface area contributed by atoms with Gasteiger partial charge in [-0.05, 0) is 146 Å². The summed E-state index contributed by atoms with van der Waals surface area (Å²) < 4.78 is 1.05. The summed E-state index contributed by atoms with van der Waals surface area (Å²) in [6.45, 7) is 6.25. The standard InChI is InChI=1S/C31H40BrClN4O/c32-26-18-25-2-1-24-19-27(33)3-4-28(24)31(30(25)35-20-26)37-15-9-23(10-16-37)22-7-13-36(14-8-22)29(38)17-21-5-11-34-12-6-21/h3-4,18-23,31,34H,1-2,5-17H2. The van der Waals surface area contributed by atoms with E-state index in [1.807, 2.05) is 12.3 Å². The Hall–Kier alpha value is -1.47. The number of hydrogen-bond donors (Lipinski definition) is 1. The van der Waals surface area contributed by atoms with Crippen LogP contribution in [0.4, 0.5) is 0 Å². The fourth-order valence-electron chi connectivity index (χ4n) is 7.51. The minimum absolute atomic E-state index is 0.197. The van der Waals surface area contributed by atoms with Crippen LogP contribution in [0.15, 0.2) is 34.9 Å². The maximum Gasteiger partial charge on any atom is 0.222 e. The SMILES string of the molecule is O=C(CC1CCNCC1)N1CCC(C2CCN(C3c4ccc(Cl)cc4CCc4cc(Br)cnc43)CC2)CC1. The molecule has 1 amide bonds. The highest BCUT2D eigenvalue weighted by Crippen LogP contribution is 2.41. The van der Waals surface area contributed by atoms with Crippen LogP contribution in [0.3, 0.4) is 0 Å².